The van der Waals surface area contributed by atoms with Crippen LogP contribution in [0.2, 0.25) is 0 Å². The first kappa shape index (κ1) is 16.0. The van der Waals surface area contributed by atoms with E-state index in [1.54, 1.807) is 0 Å². The summed E-state index contributed by atoms with van der Waals surface area (Å²) in [5.74, 6) is 0.761. The minimum absolute atomic E-state index is 0.0334. The summed E-state index contributed by atoms with van der Waals surface area (Å²) >= 11 is 0. The third kappa shape index (κ3) is 2.16. The fourth-order valence-corrected chi connectivity index (χ4v) is 5.89. The molecule has 22 heavy (non-hydrogen) atoms. The van der Waals surface area contributed by atoms with Gasteiger partial charge in [-0.05, 0) is 64.7 Å². The van der Waals surface area contributed by atoms with Crippen LogP contribution >= 0.6 is 0 Å². The van der Waals surface area contributed by atoms with Gasteiger partial charge in [0, 0.05) is 5.92 Å². The lowest BCUT2D eigenvalue weighted by Crippen LogP contribution is -2.65. The van der Waals surface area contributed by atoms with Crippen LogP contribution < -0.4 is 0 Å². The normalized spacial score (nSPS) is 50.5. The van der Waals surface area contributed by atoms with E-state index in [1.165, 1.54) is 0 Å². The van der Waals surface area contributed by atoms with Gasteiger partial charge in [-0.1, -0.05) is 13.0 Å². The van der Waals surface area contributed by atoms with E-state index in [9.17, 15) is 4.79 Å². The molecule has 5 atom stereocenters. The smallest absolute Gasteiger partial charge is 0.306 e. The number of cyclic esters (lactones) is 1. The minimum Gasteiger partial charge on any atom is -0.459 e. The van der Waals surface area contributed by atoms with Gasteiger partial charge in [0.2, 0.25) is 0 Å². The lowest BCUT2D eigenvalue weighted by Gasteiger charge is -2.64. The third-order valence-corrected chi connectivity index (χ3v) is 6.83. The van der Waals surface area contributed by atoms with Crippen LogP contribution in [0.25, 0.3) is 0 Å². The molecule has 3 fully saturated rings. The molecule has 2 aliphatic heterocycles. The average Bonchev–Trinajstić information content (AvgIpc) is 2.35. The summed E-state index contributed by atoms with van der Waals surface area (Å²) in [6.07, 6.45) is 6.63. The van der Waals surface area contributed by atoms with E-state index in [-0.39, 0.29) is 28.2 Å². The highest BCUT2D eigenvalue weighted by molar-refractivity contribution is 5.72. The number of carbonyl (C=O) groups is 1. The molecule has 3 rings (SSSR count). The van der Waals surface area contributed by atoms with Gasteiger partial charge in [-0.25, -0.2) is 0 Å². The molecular formula is C19H30O3. The zero-order valence-electron chi connectivity index (χ0n) is 14.7. The summed E-state index contributed by atoms with van der Waals surface area (Å²) in [4.78, 5) is 12.2. The van der Waals surface area contributed by atoms with Gasteiger partial charge in [0.25, 0.3) is 0 Å². The summed E-state index contributed by atoms with van der Waals surface area (Å²) in [7, 11) is 0. The summed E-state index contributed by atoms with van der Waals surface area (Å²) < 4.78 is 12.2. The zero-order valence-corrected chi connectivity index (χ0v) is 14.7. The quantitative estimate of drug-likeness (QED) is 0.536. The van der Waals surface area contributed by atoms with Gasteiger partial charge in [-0.2, -0.15) is 0 Å². The maximum atomic E-state index is 12.2. The fraction of sp³-hybridized carbons (Fsp3) is 0.842. The molecule has 0 aromatic carbocycles. The number of ether oxygens (including phenoxy) is 2. The van der Waals surface area contributed by atoms with Crippen molar-refractivity contribution >= 4 is 5.97 Å². The number of rotatable bonds is 1. The average molecular weight is 306 g/mol. The highest BCUT2D eigenvalue weighted by Gasteiger charge is 2.63. The van der Waals surface area contributed by atoms with Crippen molar-refractivity contribution in [1.82, 2.24) is 0 Å². The van der Waals surface area contributed by atoms with Gasteiger partial charge in [0.15, 0.2) is 0 Å². The van der Waals surface area contributed by atoms with Crippen LogP contribution in [0.15, 0.2) is 12.7 Å². The van der Waals surface area contributed by atoms with Crippen LogP contribution in [0.1, 0.15) is 66.7 Å². The van der Waals surface area contributed by atoms with Crippen molar-refractivity contribution in [3.05, 3.63) is 12.7 Å². The van der Waals surface area contributed by atoms with Crippen molar-refractivity contribution in [2.24, 2.45) is 17.3 Å². The number of hydrogen-bond donors (Lipinski definition) is 0. The summed E-state index contributed by atoms with van der Waals surface area (Å²) in [5.41, 5.74) is -0.807. The molecule has 3 nitrogen and oxygen atoms in total. The van der Waals surface area contributed by atoms with Crippen LogP contribution in [-0.4, -0.2) is 22.8 Å². The van der Waals surface area contributed by atoms with E-state index in [4.69, 9.17) is 9.47 Å². The highest BCUT2D eigenvalue weighted by atomic mass is 16.6. The van der Waals surface area contributed by atoms with E-state index in [0.717, 1.165) is 25.7 Å². The SMILES string of the molecule is C=CC1(C)CCC2C(C)(CCC3C(C)(C)OC(=O)CC32C)O1. The van der Waals surface area contributed by atoms with Gasteiger partial charge < -0.3 is 9.47 Å². The third-order valence-electron chi connectivity index (χ3n) is 6.83. The van der Waals surface area contributed by atoms with Crippen LogP contribution in [0.3, 0.4) is 0 Å². The van der Waals surface area contributed by atoms with Crippen molar-refractivity contribution < 1.29 is 14.3 Å². The summed E-state index contributed by atoms with van der Waals surface area (Å²) in [5, 5.41) is 0. The Labute approximate surface area is 134 Å². The van der Waals surface area contributed by atoms with E-state index < -0.39 is 0 Å². The zero-order chi connectivity index (χ0) is 16.4. The molecule has 0 radical (unpaired) electrons. The Bertz CT molecular complexity index is 511. The minimum atomic E-state index is -0.370. The van der Waals surface area contributed by atoms with Crippen LogP contribution in [-0.2, 0) is 14.3 Å². The van der Waals surface area contributed by atoms with Gasteiger partial charge in [0.1, 0.15) is 5.60 Å². The first-order chi connectivity index (χ1) is 10.0. The van der Waals surface area contributed by atoms with Gasteiger partial charge in [-0.3, -0.25) is 4.79 Å². The maximum Gasteiger partial charge on any atom is 0.306 e. The van der Waals surface area contributed by atoms with Crippen molar-refractivity contribution in [3.8, 4) is 0 Å². The Hall–Kier alpha value is -0.830. The molecule has 0 aromatic heterocycles. The largest absolute Gasteiger partial charge is 0.459 e. The van der Waals surface area contributed by atoms with E-state index in [0.29, 0.717) is 18.3 Å². The fourth-order valence-electron chi connectivity index (χ4n) is 5.89. The molecule has 1 saturated carbocycles. The van der Waals surface area contributed by atoms with Crippen molar-refractivity contribution in [2.45, 2.75) is 83.5 Å². The van der Waals surface area contributed by atoms with Gasteiger partial charge >= 0.3 is 5.97 Å². The molecule has 0 amide bonds. The number of fused-ring (bicyclic) bond motifs is 3. The van der Waals surface area contributed by atoms with Crippen molar-refractivity contribution in [3.63, 3.8) is 0 Å². The van der Waals surface area contributed by atoms with Crippen LogP contribution in [0.5, 0.6) is 0 Å². The first-order valence-electron chi connectivity index (χ1n) is 8.60. The standard InChI is InChI=1S/C19H30O3/c1-7-17(4)10-8-14-18(5)12-15(20)21-16(2,3)13(18)9-11-19(14,6)22-17/h7,13-14H,1,8-12H2,2-6H3. The van der Waals surface area contributed by atoms with Crippen molar-refractivity contribution in [1.29, 1.82) is 0 Å². The number of esters is 1. The Kier molecular flexibility index (Phi) is 3.35. The monoisotopic (exact) mass is 306 g/mol. The highest BCUT2D eigenvalue weighted by Crippen LogP contribution is 2.62. The van der Waals surface area contributed by atoms with Crippen LogP contribution in [0, 0.1) is 17.3 Å². The lowest BCUT2D eigenvalue weighted by molar-refractivity contribution is -0.267. The summed E-state index contributed by atoms with van der Waals surface area (Å²) in [6, 6.07) is 0. The predicted molar refractivity (Wildman–Crippen MR) is 86.4 cm³/mol. The molecule has 3 aliphatic rings. The molecular weight excluding hydrogens is 276 g/mol. The second-order valence-electron chi connectivity index (χ2n) is 8.87. The van der Waals surface area contributed by atoms with E-state index in [1.807, 2.05) is 6.08 Å². The molecule has 0 aromatic rings. The molecule has 2 saturated heterocycles. The molecule has 2 heterocycles. The van der Waals surface area contributed by atoms with Gasteiger partial charge in [-0.15, -0.1) is 6.58 Å². The van der Waals surface area contributed by atoms with Crippen molar-refractivity contribution in [2.75, 3.05) is 0 Å². The van der Waals surface area contributed by atoms with E-state index in [2.05, 4.69) is 41.2 Å². The Morgan fingerprint density at radius 3 is 2.36 bits per heavy atom. The molecule has 124 valence electrons. The summed E-state index contributed by atoms with van der Waals surface area (Å²) in [6.45, 7) is 14.8. The maximum absolute atomic E-state index is 12.2. The number of hydrogen-bond acceptors (Lipinski definition) is 3. The molecule has 3 heteroatoms. The Balaban J connectivity index is 1.98. The predicted octanol–water partition coefficient (Wildman–Crippen LogP) is 4.26. The lowest BCUT2D eigenvalue weighted by atomic mass is 9.48. The Morgan fingerprint density at radius 1 is 1.09 bits per heavy atom. The van der Waals surface area contributed by atoms with E-state index >= 15 is 0 Å². The molecule has 0 bridgehead atoms. The van der Waals surface area contributed by atoms with Gasteiger partial charge in [0.05, 0.1) is 17.6 Å². The molecule has 1 aliphatic carbocycles. The number of carbonyl (C=O) groups excluding carboxylic acids is 1. The molecule has 0 spiro atoms. The molecule has 0 N–H and O–H groups in total. The second kappa shape index (κ2) is 4.59. The first-order valence-corrected chi connectivity index (χ1v) is 8.60. The topological polar surface area (TPSA) is 35.5 Å². The second-order valence-corrected chi connectivity index (χ2v) is 8.87. The van der Waals surface area contributed by atoms with Crippen LogP contribution in [0.4, 0.5) is 0 Å². The molecule has 5 unspecified atom stereocenters. The Morgan fingerprint density at radius 2 is 1.73 bits per heavy atom.